The van der Waals surface area contributed by atoms with E-state index >= 15 is 0 Å². The van der Waals surface area contributed by atoms with Crippen molar-refractivity contribution in [2.75, 3.05) is 0 Å². The Morgan fingerprint density at radius 2 is 2.04 bits per heavy atom. The minimum atomic E-state index is -0.671. The molecular weight excluding hydrogens is 287 g/mol. The second-order valence-corrected chi connectivity index (χ2v) is 6.04. The standard InChI is InChI=1S/C19H21BO3/c1-14(8-10-16-5-4-12-20(22)23-16)13-15-9-11-19(21)18-7-3-2-6-17(15)18/h2-7,9,11,13,16,21-22H,8,10,12H2,1H3/b14-13+/t16-/m0/s1. The number of hydrogen-bond donors (Lipinski definition) is 2. The second-order valence-electron chi connectivity index (χ2n) is 6.04. The Morgan fingerprint density at radius 3 is 2.83 bits per heavy atom. The number of rotatable bonds is 4. The van der Waals surface area contributed by atoms with Gasteiger partial charge >= 0.3 is 7.12 Å². The minimum absolute atomic E-state index is 0.0151. The van der Waals surface area contributed by atoms with E-state index in [4.69, 9.17) is 4.65 Å². The molecule has 0 spiro atoms. The van der Waals surface area contributed by atoms with E-state index in [1.54, 1.807) is 6.07 Å². The van der Waals surface area contributed by atoms with Crippen molar-refractivity contribution in [1.29, 1.82) is 0 Å². The first-order chi connectivity index (χ1) is 11.1. The first-order valence-corrected chi connectivity index (χ1v) is 8.01. The highest BCUT2D eigenvalue weighted by Crippen LogP contribution is 2.29. The molecule has 118 valence electrons. The van der Waals surface area contributed by atoms with E-state index in [2.05, 4.69) is 13.0 Å². The van der Waals surface area contributed by atoms with Crippen LogP contribution in [0.2, 0.25) is 6.32 Å². The van der Waals surface area contributed by atoms with Crippen LogP contribution in [0.5, 0.6) is 5.75 Å². The van der Waals surface area contributed by atoms with Gasteiger partial charge in [0.2, 0.25) is 0 Å². The Morgan fingerprint density at radius 1 is 1.26 bits per heavy atom. The summed E-state index contributed by atoms with van der Waals surface area (Å²) in [6.07, 6.45) is 8.47. The maximum atomic E-state index is 9.96. The van der Waals surface area contributed by atoms with Crippen LogP contribution in [0.25, 0.3) is 16.8 Å². The summed E-state index contributed by atoms with van der Waals surface area (Å²) in [5, 5.41) is 21.4. The van der Waals surface area contributed by atoms with Crippen molar-refractivity contribution < 1.29 is 14.8 Å². The van der Waals surface area contributed by atoms with Crippen LogP contribution in [0.1, 0.15) is 25.3 Å². The second kappa shape index (κ2) is 7.03. The molecule has 0 saturated carbocycles. The van der Waals surface area contributed by atoms with Crippen LogP contribution in [0.3, 0.4) is 0 Å². The van der Waals surface area contributed by atoms with Crippen LogP contribution in [-0.2, 0) is 4.65 Å². The van der Waals surface area contributed by atoms with Crippen LogP contribution in [0, 0.1) is 0 Å². The van der Waals surface area contributed by atoms with Crippen LogP contribution < -0.4 is 0 Å². The lowest BCUT2D eigenvalue weighted by Crippen LogP contribution is -2.27. The molecule has 0 bridgehead atoms. The van der Waals surface area contributed by atoms with Gasteiger partial charge in [-0.2, -0.15) is 0 Å². The zero-order valence-corrected chi connectivity index (χ0v) is 13.3. The van der Waals surface area contributed by atoms with Gasteiger partial charge in [0.05, 0.1) is 6.10 Å². The van der Waals surface area contributed by atoms with Crippen molar-refractivity contribution in [2.24, 2.45) is 0 Å². The average molecular weight is 308 g/mol. The number of allylic oxidation sites excluding steroid dienone is 2. The van der Waals surface area contributed by atoms with Crippen LogP contribution >= 0.6 is 0 Å². The summed E-state index contributed by atoms with van der Waals surface area (Å²) in [4.78, 5) is 0. The lowest BCUT2D eigenvalue weighted by atomic mass is 9.82. The Kier molecular flexibility index (Phi) is 4.84. The molecule has 0 radical (unpaired) electrons. The van der Waals surface area contributed by atoms with Crippen molar-refractivity contribution in [3.05, 3.63) is 59.7 Å². The Bertz CT molecular complexity index is 751. The Hall–Kier alpha value is -2.04. The molecule has 0 aliphatic carbocycles. The van der Waals surface area contributed by atoms with E-state index in [0.717, 1.165) is 29.2 Å². The van der Waals surface area contributed by atoms with Crippen molar-refractivity contribution in [3.8, 4) is 5.75 Å². The van der Waals surface area contributed by atoms with Gasteiger partial charge in [-0.15, -0.1) is 0 Å². The Balaban J connectivity index is 1.75. The summed E-state index contributed by atoms with van der Waals surface area (Å²) in [6, 6.07) is 11.6. The van der Waals surface area contributed by atoms with E-state index in [9.17, 15) is 10.1 Å². The fraction of sp³-hybridized carbons (Fsp3) is 0.263. The van der Waals surface area contributed by atoms with E-state index in [-0.39, 0.29) is 6.10 Å². The van der Waals surface area contributed by atoms with E-state index in [1.165, 1.54) is 5.57 Å². The van der Waals surface area contributed by atoms with E-state index < -0.39 is 7.12 Å². The van der Waals surface area contributed by atoms with Crippen molar-refractivity contribution in [3.63, 3.8) is 0 Å². The largest absolute Gasteiger partial charge is 0.507 e. The van der Waals surface area contributed by atoms with Gasteiger partial charge in [-0.05, 0) is 36.8 Å². The number of phenols is 1. The monoisotopic (exact) mass is 308 g/mol. The minimum Gasteiger partial charge on any atom is -0.507 e. The van der Waals surface area contributed by atoms with E-state index in [1.807, 2.05) is 42.5 Å². The summed E-state index contributed by atoms with van der Waals surface area (Å²) in [5.74, 6) is 0.310. The molecule has 0 aromatic heterocycles. The Labute approximate surface area is 137 Å². The molecule has 1 aliphatic rings. The van der Waals surface area contributed by atoms with Crippen molar-refractivity contribution >= 4 is 24.0 Å². The molecule has 0 saturated heterocycles. The first kappa shape index (κ1) is 15.8. The van der Waals surface area contributed by atoms with Gasteiger partial charge in [-0.25, -0.2) is 0 Å². The first-order valence-electron chi connectivity index (χ1n) is 8.01. The number of aromatic hydroxyl groups is 1. The molecular formula is C19H21BO3. The van der Waals surface area contributed by atoms with Crippen LogP contribution in [-0.4, -0.2) is 23.4 Å². The number of hydrogen-bond acceptors (Lipinski definition) is 3. The fourth-order valence-electron chi connectivity index (χ4n) is 2.95. The molecule has 1 atom stereocenters. The molecule has 3 nitrogen and oxygen atoms in total. The molecule has 0 amide bonds. The molecule has 2 N–H and O–H groups in total. The number of fused-ring (bicyclic) bond motifs is 1. The average Bonchev–Trinajstić information content (AvgIpc) is 2.56. The highest BCUT2D eigenvalue weighted by molar-refractivity contribution is 6.43. The summed E-state index contributed by atoms with van der Waals surface area (Å²) >= 11 is 0. The highest BCUT2D eigenvalue weighted by atomic mass is 16.5. The number of phenolic OH excluding ortho intramolecular Hbond substituents is 1. The van der Waals surface area contributed by atoms with Gasteiger partial charge < -0.3 is 14.8 Å². The third kappa shape index (κ3) is 3.84. The summed E-state index contributed by atoms with van der Waals surface area (Å²) in [7, 11) is -0.671. The van der Waals surface area contributed by atoms with Crippen molar-refractivity contribution in [1.82, 2.24) is 0 Å². The predicted octanol–water partition coefficient (Wildman–Crippen LogP) is 4.16. The van der Waals surface area contributed by atoms with Gasteiger partial charge in [-0.1, -0.05) is 54.1 Å². The summed E-state index contributed by atoms with van der Waals surface area (Å²) < 4.78 is 5.48. The molecule has 2 aromatic rings. The van der Waals surface area contributed by atoms with Crippen LogP contribution in [0.4, 0.5) is 0 Å². The fourth-order valence-corrected chi connectivity index (χ4v) is 2.95. The SMILES string of the molecule is C/C(=C\c1ccc(O)c2ccccc12)CC[C@@H]1C=CCB(O)O1. The van der Waals surface area contributed by atoms with Gasteiger partial charge in [-0.3, -0.25) is 0 Å². The van der Waals surface area contributed by atoms with Gasteiger partial charge in [0.25, 0.3) is 0 Å². The quantitative estimate of drug-likeness (QED) is 0.658. The van der Waals surface area contributed by atoms with Crippen molar-refractivity contribution in [2.45, 2.75) is 32.2 Å². The third-order valence-corrected chi connectivity index (χ3v) is 4.18. The highest BCUT2D eigenvalue weighted by Gasteiger charge is 2.20. The maximum absolute atomic E-state index is 9.96. The van der Waals surface area contributed by atoms with Crippen LogP contribution in [0.15, 0.2) is 54.1 Å². The molecule has 4 heteroatoms. The zero-order valence-electron chi connectivity index (χ0n) is 13.3. The lowest BCUT2D eigenvalue weighted by Gasteiger charge is -2.20. The normalized spacial score (nSPS) is 18.6. The molecule has 0 fully saturated rings. The molecule has 23 heavy (non-hydrogen) atoms. The van der Waals surface area contributed by atoms with E-state index in [0.29, 0.717) is 12.1 Å². The smallest absolute Gasteiger partial charge is 0.458 e. The molecule has 1 heterocycles. The predicted molar refractivity (Wildman–Crippen MR) is 95.3 cm³/mol. The third-order valence-electron chi connectivity index (χ3n) is 4.18. The maximum Gasteiger partial charge on any atom is 0.458 e. The van der Waals surface area contributed by atoms with Gasteiger partial charge in [0.15, 0.2) is 0 Å². The lowest BCUT2D eigenvalue weighted by molar-refractivity contribution is 0.192. The van der Waals surface area contributed by atoms with Gasteiger partial charge in [0, 0.05) is 11.7 Å². The molecule has 3 rings (SSSR count). The van der Waals surface area contributed by atoms with Gasteiger partial charge in [0.1, 0.15) is 5.75 Å². The topological polar surface area (TPSA) is 49.7 Å². The number of benzene rings is 2. The molecule has 0 unspecified atom stereocenters. The summed E-state index contributed by atoms with van der Waals surface area (Å²) in [6.45, 7) is 2.10. The summed E-state index contributed by atoms with van der Waals surface area (Å²) in [5.41, 5.74) is 2.36. The molecule has 2 aromatic carbocycles. The molecule has 1 aliphatic heterocycles. The zero-order chi connectivity index (χ0) is 16.2.